The van der Waals surface area contributed by atoms with Crippen LogP contribution in [0.4, 0.5) is 4.39 Å². The first-order valence-corrected chi connectivity index (χ1v) is 10.4. The van der Waals surface area contributed by atoms with Crippen molar-refractivity contribution in [1.29, 1.82) is 0 Å². The molecule has 0 spiro atoms. The number of rotatable bonds is 5. The highest BCUT2D eigenvalue weighted by Crippen LogP contribution is 2.24. The maximum absolute atomic E-state index is 13.6. The third-order valence-corrected chi connectivity index (χ3v) is 5.73. The Balaban J connectivity index is 1.74. The van der Waals surface area contributed by atoms with Crippen molar-refractivity contribution in [3.8, 4) is 0 Å². The smallest absolute Gasteiger partial charge is 0.224 e. The Labute approximate surface area is 157 Å². The minimum Gasteiger partial charge on any atom is -0.358 e. The van der Waals surface area contributed by atoms with Gasteiger partial charge in [-0.25, -0.2) is 12.8 Å². The number of amides is 1. The number of hydrogen-bond donors (Lipinski definition) is 2. The van der Waals surface area contributed by atoms with Crippen molar-refractivity contribution in [3.63, 3.8) is 0 Å². The zero-order valence-corrected chi connectivity index (χ0v) is 16.2. The van der Waals surface area contributed by atoms with E-state index in [4.69, 9.17) is 0 Å². The Morgan fingerprint density at radius 1 is 1.19 bits per heavy atom. The molecule has 0 aliphatic heterocycles. The number of nitrogens with one attached hydrogen (secondary N) is 2. The summed E-state index contributed by atoms with van der Waals surface area (Å²) in [6, 6.07) is 10.6. The van der Waals surface area contributed by atoms with Gasteiger partial charge in [-0.1, -0.05) is 12.1 Å². The topological polar surface area (TPSA) is 79.0 Å². The van der Waals surface area contributed by atoms with Crippen molar-refractivity contribution in [2.24, 2.45) is 0 Å². The number of H-pyrrole nitrogens is 1. The minimum atomic E-state index is -3.25. The average Bonchev–Trinajstić information content (AvgIpc) is 2.89. The van der Waals surface area contributed by atoms with Crippen LogP contribution in [0.15, 0.2) is 47.4 Å². The second-order valence-corrected chi connectivity index (χ2v) is 8.74. The lowest BCUT2D eigenvalue weighted by atomic mass is 10.1. The summed E-state index contributed by atoms with van der Waals surface area (Å²) in [4.78, 5) is 15.9. The number of sulfone groups is 1. The van der Waals surface area contributed by atoms with E-state index in [2.05, 4.69) is 10.3 Å². The number of benzene rings is 2. The summed E-state index contributed by atoms with van der Waals surface area (Å²) in [5.41, 5.74) is 3.19. The summed E-state index contributed by atoms with van der Waals surface area (Å²) in [5.74, 6) is -0.537. The monoisotopic (exact) mass is 388 g/mol. The molecule has 27 heavy (non-hydrogen) atoms. The highest BCUT2D eigenvalue weighted by Gasteiger charge is 2.16. The second kappa shape index (κ2) is 7.15. The van der Waals surface area contributed by atoms with Crippen LogP contribution in [-0.4, -0.2) is 25.6 Å². The second-order valence-electron chi connectivity index (χ2n) is 6.73. The van der Waals surface area contributed by atoms with Crippen molar-refractivity contribution in [3.05, 3.63) is 65.1 Å². The number of hydrogen-bond acceptors (Lipinski definition) is 3. The number of aryl methyl sites for hydroxylation is 1. The van der Waals surface area contributed by atoms with Crippen LogP contribution in [0, 0.1) is 12.7 Å². The Bertz CT molecular complexity index is 1100. The Morgan fingerprint density at radius 2 is 1.85 bits per heavy atom. The molecular formula is C20H21FN2O3S. The number of carbonyl (C=O) groups excluding carboxylic acids is 1. The molecule has 0 fully saturated rings. The van der Waals surface area contributed by atoms with Gasteiger partial charge in [-0.3, -0.25) is 4.79 Å². The van der Waals surface area contributed by atoms with Gasteiger partial charge in [0.1, 0.15) is 5.82 Å². The Morgan fingerprint density at radius 3 is 2.48 bits per heavy atom. The molecule has 1 heterocycles. The fraction of sp³-hybridized carbons (Fsp3) is 0.250. The van der Waals surface area contributed by atoms with Crippen molar-refractivity contribution in [2.45, 2.75) is 31.2 Å². The van der Waals surface area contributed by atoms with Crippen LogP contribution in [0.5, 0.6) is 0 Å². The lowest BCUT2D eigenvalue weighted by molar-refractivity contribution is -0.121. The van der Waals surface area contributed by atoms with Gasteiger partial charge in [-0.15, -0.1) is 0 Å². The average molecular weight is 388 g/mol. The molecule has 0 saturated carbocycles. The number of fused-ring (bicyclic) bond motifs is 1. The van der Waals surface area contributed by atoms with E-state index in [-0.39, 0.29) is 29.1 Å². The Kier molecular flexibility index (Phi) is 5.06. The van der Waals surface area contributed by atoms with E-state index in [1.807, 2.05) is 13.8 Å². The molecule has 1 aromatic heterocycles. The first-order chi connectivity index (χ1) is 12.6. The van der Waals surface area contributed by atoms with Crippen LogP contribution in [0.2, 0.25) is 0 Å². The molecule has 0 saturated heterocycles. The van der Waals surface area contributed by atoms with E-state index in [9.17, 15) is 17.6 Å². The van der Waals surface area contributed by atoms with E-state index in [1.165, 1.54) is 24.3 Å². The van der Waals surface area contributed by atoms with E-state index >= 15 is 0 Å². The van der Waals surface area contributed by atoms with E-state index in [0.29, 0.717) is 5.39 Å². The number of aromatic amines is 1. The highest BCUT2D eigenvalue weighted by molar-refractivity contribution is 7.90. The quantitative estimate of drug-likeness (QED) is 0.703. The number of halogens is 1. The standard InChI is InChI=1S/C20H21FN2O3S/c1-12(14-4-7-16(8-5-14)27(3,25)26)23-20(24)11-17-13(2)22-19-9-6-15(21)10-18(17)19/h4-10,12,22H,11H2,1-3H3,(H,23,24). The first-order valence-electron chi connectivity index (χ1n) is 8.51. The third kappa shape index (κ3) is 4.19. The van der Waals surface area contributed by atoms with E-state index < -0.39 is 9.84 Å². The van der Waals surface area contributed by atoms with Crippen molar-refractivity contribution >= 4 is 26.6 Å². The molecule has 0 radical (unpaired) electrons. The molecule has 1 amide bonds. The Hall–Kier alpha value is -2.67. The van der Waals surface area contributed by atoms with Crippen molar-refractivity contribution in [1.82, 2.24) is 10.3 Å². The van der Waals surface area contributed by atoms with Gasteiger partial charge in [-0.2, -0.15) is 0 Å². The molecule has 2 N–H and O–H groups in total. The predicted molar refractivity (Wildman–Crippen MR) is 103 cm³/mol. The molecule has 2 aromatic carbocycles. The van der Waals surface area contributed by atoms with Crippen LogP contribution >= 0.6 is 0 Å². The van der Waals surface area contributed by atoms with Crippen molar-refractivity contribution < 1.29 is 17.6 Å². The molecule has 142 valence electrons. The first kappa shape index (κ1) is 19.1. The molecule has 3 rings (SSSR count). The molecule has 0 bridgehead atoms. The zero-order chi connectivity index (χ0) is 19.8. The molecular weight excluding hydrogens is 367 g/mol. The van der Waals surface area contributed by atoms with Crippen LogP contribution in [0.1, 0.15) is 29.8 Å². The largest absolute Gasteiger partial charge is 0.358 e. The van der Waals surface area contributed by atoms with Gasteiger partial charge < -0.3 is 10.3 Å². The zero-order valence-electron chi connectivity index (χ0n) is 15.3. The van der Waals surface area contributed by atoms with Gasteiger partial charge in [0.05, 0.1) is 17.4 Å². The summed E-state index contributed by atoms with van der Waals surface area (Å²) >= 11 is 0. The van der Waals surface area contributed by atoms with Gasteiger partial charge in [-0.05, 0) is 55.3 Å². The number of carbonyl (C=O) groups is 1. The highest BCUT2D eigenvalue weighted by atomic mass is 32.2. The minimum absolute atomic E-state index is 0.126. The van der Waals surface area contributed by atoms with Gasteiger partial charge in [0, 0.05) is 22.9 Å². The van der Waals surface area contributed by atoms with Gasteiger partial charge in [0.25, 0.3) is 0 Å². The molecule has 0 aliphatic rings. The fourth-order valence-corrected chi connectivity index (χ4v) is 3.75. The lowest BCUT2D eigenvalue weighted by Gasteiger charge is -2.15. The third-order valence-electron chi connectivity index (χ3n) is 4.60. The number of aromatic nitrogens is 1. The molecule has 7 heteroatoms. The van der Waals surface area contributed by atoms with Crippen LogP contribution in [0.25, 0.3) is 10.9 Å². The van der Waals surface area contributed by atoms with Gasteiger partial charge in [0.2, 0.25) is 5.91 Å². The molecule has 5 nitrogen and oxygen atoms in total. The van der Waals surface area contributed by atoms with E-state index in [0.717, 1.165) is 28.6 Å². The maximum atomic E-state index is 13.6. The van der Waals surface area contributed by atoms with Crippen LogP contribution in [0.3, 0.4) is 0 Å². The van der Waals surface area contributed by atoms with Gasteiger partial charge in [0.15, 0.2) is 9.84 Å². The molecule has 1 atom stereocenters. The van der Waals surface area contributed by atoms with E-state index in [1.54, 1.807) is 18.2 Å². The SMILES string of the molecule is Cc1[nH]c2ccc(F)cc2c1CC(=O)NC(C)c1ccc(S(C)(=O)=O)cc1. The summed E-state index contributed by atoms with van der Waals surface area (Å²) in [7, 11) is -3.25. The molecule has 1 unspecified atom stereocenters. The predicted octanol–water partition coefficient (Wildman–Crippen LogP) is 3.44. The summed E-state index contributed by atoms with van der Waals surface area (Å²) in [6.45, 7) is 3.68. The molecule has 3 aromatic rings. The fourth-order valence-electron chi connectivity index (χ4n) is 3.12. The lowest BCUT2D eigenvalue weighted by Crippen LogP contribution is -2.28. The van der Waals surface area contributed by atoms with Crippen LogP contribution in [-0.2, 0) is 21.1 Å². The summed E-state index contributed by atoms with van der Waals surface area (Å²) in [5, 5.41) is 3.60. The normalized spacial score (nSPS) is 12.9. The maximum Gasteiger partial charge on any atom is 0.224 e. The molecule has 0 aliphatic carbocycles. The summed E-state index contributed by atoms with van der Waals surface area (Å²) in [6.07, 6.45) is 1.28. The van der Waals surface area contributed by atoms with Gasteiger partial charge >= 0.3 is 0 Å². The summed E-state index contributed by atoms with van der Waals surface area (Å²) < 4.78 is 36.6. The van der Waals surface area contributed by atoms with Crippen molar-refractivity contribution in [2.75, 3.05) is 6.26 Å². The van der Waals surface area contributed by atoms with Crippen LogP contribution < -0.4 is 5.32 Å².